The number of nitrogens with one attached hydrogen (secondary N) is 1. The van der Waals surface area contributed by atoms with E-state index in [-0.39, 0.29) is 24.5 Å². The maximum atomic E-state index is 13.2. The van der Waals surface area contributed by atoms with E-state index in [1.165, 1.54) is 12.1 Å². The normalized spacial score (nSPS) is 23.1. The quantitative estimate of drug-likeness (QED) is 0.900. The van der Waals surface area contributed by atoms with Crippen molar-refractivity contribution in [3.63, 3.8) is 0 Å². The van der Waals surface area contributed by atoms with E-state index in [1.54, 1.807) is 6.07 Å². The smallest absolute Gasteiger partial charge is 0.251 e. The van der Waals surface area contributed by atoms with Crippen molar-refractivity contribution in [3.8, 4) is 0 Å². The van der Waals surface area contributed by atoms with Crippen LogP contribution in [0.5, 0.6) is 0 Å². The van der Waals surface area contributed by atoms with E-state index in [9.17, 15) is 14.3 Å². The SMILES string of the molecule is O=C(NC1CCCC1CO)c1cc(F)cc(Br)c1. The van der Waals surface area contributed by atoms with Crippen molar-refractivity contribution in [1.29, 1.82) is 0 Å². The molecule has 5 heteroatoms. The Balaban J connectivity index is 2.07. The van der Waals surface area contributed by atoms with Gasteiger partial charge in [0, 0.05) is 28.6 Å². The van der Waals surface area contributed by atoms with E-state index in [2.05, 4.69) is 21.2 Å². The van der Waals surface area contributed by atoms with Gasteiger partial charge >= 0.3 is 0 Å². The second kappa shape index (κ2) is 5.80. The summed E-state index contributed by atoms with van der Waals surface area (Å²) in [5.74, 6) is -0.619. The third-order valence-corrected chi connectivity index (χ3v) is 3.79. The fourth-order valence-electron chi connectivity index (χ4n) is 2.38. The first-order valence-electron chi connectivity index (χ1n) is 5.98. The number of aliphatic hydroxyl groups excluding tert-OH is 1. The number of benzene rings is 1. The van der Waals surface area contributed by atoms with Crippen LogP contribution in [0.4, 0.5) is 4.39 Å². The zero-order valence-electron chi connectivity index (χ0n) is 9.83. The maximum Gasteiger partial charge on any atom is 0.251 e. The average molecular weight is 316 g/mol. The standard InChI is InChI=1S/C13H15BrFNO2/c14-10-4-9(5-11(15)6-10)13(18)16-12-3-1-2-8(12)7-17/h4-6,8,12,17H,1-3,7H2,(H,16,18). The highest BCUT2D eigenvalue weighted by molar-refractivity contribution is 9.10. The Bertz CT molecular complexity index is 432. The van der Waals surface area contributed by atoms with Gasteiger partial charge < -0.3 is 10.4 Å². The molecule has 2 rings (SSSR count). The van der Waals surface area contributed by atoms with Crippen molar-refractivity contribution >= 4 is 21.8 Å². The number of hydrogen-bond donors (Lipinski definition) is 2. The summed E-state index contributed by atoms with van der Waals surface area (Å²) in [7, 11) is 0. The van der Waals surface area contributed by atoms with Crippen LogP contribution in [0.2, 0.25) is 0 Å². The molecule has 0 spiro atoms. The van der Waals surface area contributed by atoms with Crippen LogP contribution in [-0.4, -0.2) is 23.7 Å². The monoisotopic (exact) mass is 315 g/mol. The third kappa shape index (κ3) is 3.09. The minimum absolute atomic E-state index is 0.00968. The minimum Gasteiger partial charge on any atom is -0.396 e. The minimum atomic E-state index is -0.445. The molecule has 2 unspecified atom stereocenters. The number of halogens is 2. The molecule has 2 N–H and O–H groups in total. The van der Waals surface area contributed by atoms with Crippen molar-refractivity contribution in [1.82, 2.24) is 5.32 Å². The van der Waals surface area contributed by atoms with Gasteiger partial charge in [0.25, 0.3) is 5.91 Å². The highest BCUT2D eigenvalue weighted by Gasteiger charge is 2.28. The number of aliphatic hydroxyl groups is 1. The van der Waals surface area contributed by atoms with Crippen molar-refractivity contribution in [2.24, 2.45) is 5.92 Å². The van der Waals surface area contributed by atoms with E-state index in [1.807, 2.05) is 0 Å². The Hall–Kier alpha value is -0.940. The zero-order chi connectivity index (χ0) is 13.1. The molecule has 0 heterocycles. The molecule has 0 aliphatic heterocycles. The molecule has 18 heavy (non-hydrogen) atoms. The van der Waals surface area contributed by atoms with Gasteiger partial charge in [-0.1, -0.05) is 22.4 Å². The predicted octanol–water partition coefficient (Wildman–Crippen LogP) is 2.48. The molecule has 1 amide bonds. The molecular weight excluding hydrogens is 301 g/mol. The molecule has 0 bridgehead atoms. The van der Waals surface area contributed by atoms with Gasteiger partial charge in [-0.25, -0.2) is 4.39 Å². The van der Waals surface area contributed by atoms with Crippen LogP contribution >= 0.6 is 15.9 Å². The summed E-state index contributed by atoms with van der Waals surface area (Å²) < 4.78 is 13.7. The number of amides is 1. The maximum absolute atomic E-state index is 13.2. The largest absolute Gasteiger partial charge is 0.396 e. The molecule has 1 aromatic carbocycles. The van der Waals surface area contributed by atoms with Gasteiger partial charge in [-0.05, 0) is 31.0 Å². The lowest BCUT2D eigenvalue weighted by Crippen LogP contribution is -2.38. The molecule has 0 aromatic heterocycles. The average Bonchev–Trinajstić information content (AvgIpc) is 2.75. The lowest BCUT2D eigenvalue weighted by atomic mass is 10.0. The Morgan fingerprint density at radius 2 is 2.22 bits per heavy atom. The van der Waals surface area contributed by atoms with Gasteiger partial charge in [-0.3, -0.25) is 4.79 Å². The van der Waals surface area contributed by atoms with E-state index in [0.717, 1.165) is 19.3 Å². The summed E-state index contributed by atoms with van der Waals surface area (Å²) in [4.78, 5) is 12.0. The summed E-state index contributed by atoms with van der Waals surface area (Å²) in [6, 6.07) is 4.09. The van der Waals surface area contributed by atoms with Crippen LogP contribution in [0.3, 0.4) is 0 Å². The van der Waals surface area contributed by atoms with Gasteiger partial charge in [0.2, 0.25) is 0 Å². The van der Waals surface area contributed by atoms with Gasteiger partial charge in [0.05, 0.1) is 0 Å². The number of hydrogen-bond acceptors (Lipinski definition) is 2. The summed E-state index contributed by atoms with van der Waals surface area (Å²) >= 11 is 3.16. The molecule has 3 nitrogen and oxygen atoms in total. The van der Waals surface area contributed by atoms with Crippen molar-refractivity contribution < 1.29 is 14.3 Å². The molecule has 98 valence electrons. The van der Waals surface area contributed by atoms with E-state index in [4.69, 9.17) is 0 Å². The molecule has 2 atom stereocenters. The van der Waals surface area contributed by atoms with Crippen LogP contribution < -0.4 is 5.32 Å². The molecule has 1 saturated carbocycles. The second-order valence-corrected chi connectivity index (χ2v) is 5.53. The fourth-order valence-corrected chi connectivity index (χ4v) is 2.85. The highest BCUT2D eigenvalue weighted by atomic mass is 79.9. The van der Waals surface area contributed by atoms with Crippen LogP contribution in [0.25, 0.3) is 0 Å². The van der Waals surface area contributed by atoms with E-state index >= 15 is 0 Å². The van der Waals surface area contributed by atoms with Gasteiger partial charge in [0.1, 0.15) is 5.82 Å². The van der Waals surface area contributed by atoms with Crippen LogP contribution in [0, 0.1) is 11.7 Å². The van der Waals surface area contributed by atoms with Gasteiger partial charge in [0.15, 0.2) is 0 Å². The van der Waals surface area contributed by atoms with E-state index in [0.29, 0.717) is 10.0 Å². The van der Waals surface area contributed by atoms with E-state index < -0.39 is 5.82 Å². The van der Waals surface area contributed by atoms with Crippen molar-refractivity contribution in [2.45, 2.75) is 25.3 Å². The number of carbonyl (C=O) groups is 1. The van der Waals surface area contributed by atoms with Crippen LogP contribution in [-0.2, 0) is 0 Å². The molecule has 0 radical (unpaired) electrons. The lowest BCUT2D eigenvalue weighted by Gasteiger charge is -2.19. The Morgan fingerprint density at radius 1 is 1.44 bits per heavy atom. The summed E-state index contributed by atoms with van der Waals surface area (Å²) in [6.07, 6.45) is 2.80. The molecule has 1 aliphatic carbocycles. The zero-order valence-corrected chi connectivity index (χ0v) is 11.4. The first kappa shape index (κ1) is 13.5. The number of rotatable bonds is 3. The Morgan fingerprint density at radius 3 is 2.89 bits per heavy atom. The topological polar surface area (TPSA) is 49.3 Å². The Labute approximate surface area is 114 Å². The lowest BCUT2D eigenvalue weighted by molar-refractivity contribution is 0.0915. The number of carbonyl (C=O) groups excluding carboxylic acids is 1. The van der Waals surface area contributed by atoms with Crippen LogP contribution in [0.1, 0.15) is 29.6 Å². The summed E-state index contributed by atoms with van der Waals surface area (Å²) in [5, 5.41) is 12.1. The van der Waals surface area contributed by atoms with Crippen molar-refractivity contribution in [2.75, 3.05) is 6.61 Å². The fraction of sp³-hybridized carbons (Fsp3) is 0.462. The Kier molecular flexibility index (Phi) is 4.35. The van der Waals surface area contributed by atoms with Crippen LogP contribution in [0.15, 0.2) is 22.7 Å². The first-order valence-corrected chi connectivity index (χ1v) is 6.77. The second-order valence-electron chi connectivity index (χ2n) is 4.61. The molecule has 1 aliphatic rings. The summed E-state index contributed by atoms with van der Waals surface area (Å²) in [6.45, 7) is 0.0811. The first-order chi connectivity index (χ1) is 8.60. The van der Waals surface area contributed by atoms with Gasteiger partial charge in [-0.15, -0.1) is 0 Å². The van der Waals surface area contributed by atoms with Gasteiger partial charge in [-0.2, -0.15) is 0 Å². The highest BCUT2D eigenvalue weighted by Crippen LogP contribution is 2.25. The predicted molar refractivity (Wildman–Crippen MR) is 69.8 cm³/mol. The van der Waals surface area contributed by atoms with Crippen molar-refractivity contribution in [3.05, 3.63) is 34.1 Å². The molecule has 0 saturated heterocycles. The molecule has 1 aromatic rings. The third-order valence-electron chi connectivity index (χ3n) is 3.33. The molecule has 1 fully saturated rings. The summed E-state index contributed by atoms with van der Waals surface area (Å²) in [5.41, 5.74) is 0.297. The molecular formula is C13H15BrFNO2.